The smallest absolute Gasteiger partial charge is 0.376 e. The molecule has 0 atom stereocenters. The third-order valence-electron chi connectivity index (χ3n) is 2.93. The standard InChI is InChI=1S/C13H15ClF3NO2/c1-12(2)19-6-8(7-20-12)18-11-9(13(15,16)17)4-3-5-10(11)14/h3-5,8,18H,6-7H2,1-2H3. The Morgan fingerprint density at radius 3 is 2.40 bits per heavy atom. The average molecular weight is 310 g/mol. The molecule has 7 heteroatoms. The quantitative estimate of drug-likeness (QED) is 0.898. The summed E-state index contributed by atoms with van der Waals surface area (Å²) in [7, 11) is 0. The Morgan fingerprint density at radius 2 is 1.85 bits per heavy atom. The summed E-state index contributed by atoms with van der Waals surface area (Å²) in [5.74, 6) is -0.717. The first kappa shape index (κ1) is 15.4. The van der Waals surface area contributed by atoms with Gasteiger partial charge in [-0.15, -0.1) is 0 Å². The van der Waals surface area contributed by atoms with Gasteiger partial charge >= 0.3 is 6.18 Å². The van der Waals surface area contributed by atoms with Crippen molar-refractivity contribution in [3.05, 3.63) is 28.8 Å². The van der Waals surface area contributed by atoms with Crippen LogP contribution in [0.5, 0.6) is 0 Å². The fourth-order valence-electron chi connectivity index (χ4n) is 1.89. The van der Waals surface area contributed by atoms with Gasteiger partial charge in [-0.05, 0) is 26.0 Å². The van der Waals surface area contributed by atoms with Crippen LogP contribution in [0.25, 0.3) is 0 Å². The maximum absolute atomic E-state index is 12.9. The van der Waals surface area contributed by atoms with E-state index in [1.807, 2.05) is 0 Å². The molecule has 1 aliphatic heterocycles. The highest BCUT2D eigenvalue weighted by atomic mass is 35.5. The number of rotatable bonds is 2. The van der Waals surface area contributed by atoms with Crippen LogP contribution in [0.4, 0.5) is 18.9 Å². The summed E-state index contributed by atoms with van der Waals surface area (Å²) in [6, 6.07) is 3.29. The van der Waals surface area contributed by atoms with Gasteiger partial charge in [0, 0.05) is 0 Å². The van der Waals surface area contributed by atoms with Gasteiger partial charge in [0.1, 0.15) is 0 Å². The van der Waals surface area contributed by atoms with Crippen LogP contribution in [0.15, 0.2) is 18.2 Å². The molecule has 3 nitrogen and oxygen atoms in total. The summed E-state index contributed by atoms with van der Waals surface area (Å²) in [6.07, 6.45) is -4.47. The lowest BCUT2D eigenvalue weighted by Gasteiger charge is -2.36. The summed E-state index contributed by atoms with van der Waals surface area (Å²) in [6.45, 7) is 3.99. The molecule has 20 heavy (non-hydrogen) atoms. The van der Waals surface area contributed by atoms with E-state index in [2.05, 4.69) is 5.32 Å². The molecular formula is C13H15ClF3NO2. The molecule has 0 saturated carbocycles. The van der Waals surface area contributed by atoms with Gasteiger partial charge in [-0.1, -0.05) is 17.7 Å². The van der Waals surface area contributed by atoms with Crippen LogP contribution in [0, 0.1) is 0 Å². The lowest BCUT2D eigenvalue weighted by atomic mass is 10.1. The van der Waals surface area contributed by atoms with Gasteiger partial charge in [-0.25, -0.2) is 0 Å². The molecule has 0 aliphatic carbocycles. The van der Waals surface area contributed by atoms with E-state index in [1.54, 1.807) is 13.8 Å². The molecule has 0 aromatic heterocycles. The number of hydrogen-bond acceptors (Lipinski definition) is 3. The van der Waals surface area contributed by atoms with E-state index in [4.69, 9.17) is 21.1 Å². The van der Waals surface area contributed by atoms with Crippen molar-refractivity contribution in [3.8, 4) is 0 Å². The molecule has 1 saturated heterocycles. The zero-order valence-electron chi connectivity index (χ0n) is 11.1. The number of halogens is 4. The largest absolute Gasteiger partial charge is 0.418 e. The van der Waals surface area contributed by atoms with E-state index < -0.39 is 17.5 Å². The molecular weight excluding hydrogens is 295 g/mol. The molecule has 1 N–H and O–H groups in total. The predicted octanol–water partition coefficient (Wildman–Crippen LogP) is 3.92. The van der Waals surface area contributed by atoms with E-state index in [0.29, 0.717) is 0 Å². The normalized spacial score (nSPS) is 19.9. The summed E-state index contributed by atoms with van der Waals surface area (Å²) in [5, 5.41) is 2.78. The number of anilines is 1. The van der Waals surface area contributed by atoms with E-state index in [9.17, 15) is 13.2 Å². The molecule has 0 amide bonds. The van der Waals surface area contributed by atoms with Crippen LogP contribution in [0.2, 0.25) is 5.02 Å². The van der Waals surface area contributed by atoms with Crippen molar-refractivity contribution in [3.63, 3.8) is 0 Å². The molecule has 0 spiro atoms. The van der Waals surface area contributed by atoms with E-state index in [0.717, 1.165) is 6.07 Å². The minimum atomic E-state index is -4.47. The van der Waals surface area contributed by atoms with Crippen molar-refractivity contribution in [2.45, 2.75) is 31.9 Å². The van der Waals surface area contributed by atoms with E-state index in [1.165, 1.54) is 12.1 Å². The summed E-state index contributed by atoms with van der Waals surface area (Å²) >= 11 is 5.87. The molecule has 0 unspecified atom stereocenters. The van der Waals surface area contributed by atoms with Gasteiger partial charge < -0.3 is 14.8 Å². The summed E-state index contributed by atoms with van der Waals surface area (Å²) in [4.78, 5) is 0. The van der Waals surface area contributed by atoms with Gasteiger partial charge in [-0.2, -0.15) is 13.2 Å². The molecule has 1 aromatic rings. The average Bonchev–Trinajstić information content (AvgIpc) is 2.32. The van der Waals surface area contributed by atoms with Crippen molar-refractivity contribution in [2.24, 2.45) is 0 Å². The molecule has 1 heterocycles. The highest BCUT2D eigenvalue weighted by Crippen LogP contribution is 2.39. The fourth-order valence-corrected chi connectivity index (χ4v) is 2.12. The Balaban J connectivity index is 2.18. The molecule has 1 fully saturated rings. The van der Waals surface area contributed by atoms with Gasteiger partial charge in [-0.3, -0.25) is 0 Å². The molecule has 2 rings (SSSR count). The van der Waals surface area contributed by atoms with Crippen molar-refractivity contribution in [1.29, 1.82) is 0 Å². The van der Waals surface area contributed by atoms with Crippen LogP contribution in [0.1, 0.15) is 19.4 Å². The second-order valence-corrected chi connectivity index (χ2v) is 5.43. The van der Waals surface area contributed by atoms with Crippen LogP contribution in [-0.2, 0) is 15.7 Å². The van der Waals surface area contributed by atoms with Crippen LogP contribution in [0.3, 0.4) is 0 Å². The first-order valence-electron chi connectivity index (χ1n) is 6.09. The number of para-hydroxylation sites is 1. The van der Waals surface area contributed by atoms with Gasteiger partial charge in [0.15, 0.2) is 5.79 Å². The Bertz CT molecular complexity index is 481. The highest BCUT2D eigenvalue weighted by molar-refractivity contribution is 6.33. The van der Waals surface area contributed by atoms with Crippen LogP contribution < -0.4 is 5.32 Å². The first-order valence-corrected chi connectivity index (χ1v) is 6.47. The molecule has 1 aliphatic rings. The number of nitrogens with one attached hydrogen (secondary N) is 1. The second kappa shape index (κ2) is 5.42. The van der Waals surface area contributed by atoms with Crippen LogP contribution >= 0.6 is 11.6 Å². The zero-order chi connectivity index (χ0) is 15.0. The second-order valence-electron chi connectivity index (χ2n) is 5.02. The van der Waals surface area contributed by atoms with E-state index >= 15 is 0 Å². The van der Waals surface area contributed by atoms with Crippen LogP contribution in [-0.4, -0.2) is 25.0 Å². The van der Waals surface area contributed by atoms with E-state index in [-0.39, 0.29) is 30.0 Å². The molecule has 0 radical (unpaired) electrons. The lowest BCUT2D eigenvalue weighted by molar-refractivity contribution is -0.247. The SMILES string of the molecule is CC1(C)OCC(Nc2c(Cl)cccc2C(F)(F)F)CO1. The maximum Gasteiger partial charge on any atom is 0.418 e. The van der Waals surface area contributed by atoms with Crippen molar-refractivity contribution in [1.82, 2.24) is 0 Å². The van der Waals surface area contributed by atoms with Crippen molar-refractivity contribution >= 4 is 17.3 Å². The minimum Gasteiger partial charge on any atom is -0.376 e. The number of ether oxygens (including phenoxy) is 2. The highest BCUT2D eigenvalue weighted by Gasteiger charge is 2.36. The third kappa shape index (κ3) is 3.56. The summed E-state index contributed by atoms with van der Waals surface area (Å²) in [5.41, 5.74) is -0.937. The Morgan fingerprint density at radius 1 is 1.25 bits per heavy atom. The topological polar surface area (TPSA) is 30.5 Å². The monoisotopic (exact) mass is 309 g/mol. The molecule has 1 aromatic carbocycles. The Kier molecular flexibility index (Phi) is 4.18. The minimum absolute atomic E-state index is 0.0182. The number of benzene rings is 1. The van der Waals surface area contributed by atoms with Gasteiger partial charge in [0.05, 0.1) is 35.5 Å². The third-order valence-corrected chi connectivity index (χ3v) is 3.25. The lowest BCUT2D eigenvalue weighted by Crippen LogP contribution is -2.45. The summed E-state index contributed by atoms with van der Waals surface area (Å²) < 4.78 is 49.6. The van der Waals surface area contributed by atoms with Gasteiger partial charge in [0.2, 0.25) is 0 Å². The Hall–Kier alpha value is -0.980. The molecule has 0 bridgehead atoms. The predicted molar refractivity (Wildman–Crippen MR) is 69.8 cm³/mol. The first-order chi connectivity index (χ1) is 9.19. The maximum atomic E-state index is 12.9. The van der Waals surface area contributed by atoms with Crippen molar-refractivity contribution < 1.29 is 22.6 Å². The van der Waals surface area contributed by atoms with Crippen molar-refractivity contribution in [2.75, 3.05) is 18.5 Å². The molecule has 112 valence electrons. The Labute approximate surface area is 120 Å². The van der Waals surface area contributed by atoms with Gasteiger partial charge in [0.25, 0.3) is 0 Å². The number of hydrogen-bond donors (Lipinski definition) is 1. The zero-order valence-corrected chi connectivity index (χ0v) is 11.8. The number of alkyl halides is 3. The fraction of sp³-hybridized carbons (Fsp3) is 0.538.